The van der Waals surface area contributed by atoms with Crippen LogP contribution in [0.5, 0.6) is 11.5 Å². The molecular formula is C18H18ClN3O4. The summed E-state index contributed by atoms with van der Waals surface area (Å²) in [5.41, 5.74) is 3.18. The van der Waals surface area contributed by atoms with Gasteiger partial charge in [0.1, 0.15) is 0 Å². The molecule has 2 rings (SSSR count). The second kappa shape index (κ2) is 9.43. The van der Waals surface area contributed by atoms with E-state index in [9.17, 15) is 14.7 Å². The van der Waals surface area contributed by atoms with Gasteiger partial charge < -0.3 is 15.2 Å². The van der Waals surface area contributed by atoms with Crippen LogP contribution in [0.3, 0.4) is 0 Å². The van der Waals surface area contributed by atoms with Gasteiger partial charge in [0, 0.05) is 18.4 Å². The highest BCUT2D eigenvalue weighted by atomic mass is 35.5. The van der Waals surface area contributed by atoms with Gasteiger partial charge in [0.15, 0.2) is 11.5 Å². The summed E-state index contributed by atoms with van der Waals surface area (Å²) in [6, 6.07) is 11.7. The lowest BCUT2D eigenvalue weighted by molar-refractivity contribution is -0.124. The van der Waals surface area contributed by atoms with Crippen molar-refractivity contribution in [1.82, 2.24) is 5.43 Å². The predicted molar refractivity (Wildman–Crippen MR) is 99.7 cm³/mol. The fourth-order valence-electron chi connectivity index (χ4n) is 2.04. The largest absolute Gasteiger partial charge is 0.504 e. The van der Waals surface area contributed by atoms with Crippen molar-refractivity contribution in [1.29, 1.82) is 0 Å². The molecule has 2 aromatic rings. The number of nitrogens with zero attached hydrogens (tertiary/aromatic N) is 1. The number of methoxy groups -OCH3 is 1. The lowest BCUT2D eigenvalue weighted by Crippen LogP contribution is -2.20. The zero-order valence-corrected chi connectivity index (χ0v) is 14.8. The monoisotopic (exact) mass is 375 g/mol. The molecule has 2 amide bonds. The van der Waals surface area contributed by atoms with Crippen molar-refractivity contribution in [3.05, 3.63) is 53.1 Å². The van der Waals surface area contributed by atoms with Crippen molar-refractivity contribution in [2.24, 2.45) is 5.10 Å². The van der Waals surface area contributed by atoms with E-state index < -0.39 is 5.91 Å². The topological polar surface area (TPSA) is 100 Å². The van der Waals surface area contributed by atoms with Crippen molar-refractivity contribution in [3.8, 4) is 11.5 Å². The van der Waals surface area contributed by atoms with E-state index in [1.807, 2.05) is 0 Å². The Hall–Kier alpha value is -3.06. The molecule has 0 unspecified atom stereocenters. The molecule has 3 N–H and O–H groups in total. The average Bonchev–Trinajstić information content (AvgIpc) is 2.63. The van der Waals surface area contributed by atoms with Crippen LogP contribution in [-0.4, -0.2) is 30.2 Å². The maximum Gasteiger partial charge on any atom is 0.240 e. The Kier molecular flexibility index (Phi) is 6.99. The quantitative estimate of drug-likeness (QED) is 0.511. The van der Waals surface area contributed by atoms with Gasteiger partial charge in [-0.15, -0.1) is 0 Å². The summed E-state index contributed by atoms with van der Waals surface area (Å²) in [7, 11) is 1.44. The Labute approximate surface area is 155 Å². The van der Waals surface area contributed by atoms with Crippen molar-refractivity contribution in [2.75, 3.05) is 12.4 Å². The van der Waals surface area contributed by atoms with Crippen LogP contribution < -0.4 is 15.5 Å². The summed E-state index contributed by atoms with van der Waals surface area (Å²) in [4.78, 5) is 23.6. The number of aromatic hydroxyl groups is 1. The third-order valence-electron chi connectivity index (χ3n) is 3.37. The normalized spacial score (nSPS) is 10.5. The first kappa shape index (κ1) is 19.3. The second-order valence-corrected chi connectivity index (χ2v) is 5.63. The Morgan fingerprint density at radius 3 is 2.62 bits per heavy atom. The van der Waals surface area contributed by atoms with Crippen LogP contribution >= 0.6 is 11.6 Å². The number of amides is 2. The SMILES string of the molecule is COc1cccc(/C=N/NC(=O)CCC(=O)Nc2ccccc2Cl)c1O. The van der Waals surface area contributed by atoms with E-state index in [0.717, 1.165) is 0 Å². The van der Waals surface area contributed by atoms with Gasteiger partial charge in [-0.25, -0.2) is 5.43 Å². The molecule has 0 heterocycles. The highest BCUT2D eigenvalue weighted by Gasteiger charge is 2.09. The molecule has 0 aliphatic heterocycles. The summed E-state index contributed by atoms with van der Waals surface area (Å²) in [6.07, 6.45) is 1.23. The number of hydrazone groups is 1. The molecule has 0 atom stereocenters. The van der Waals surface area contributed by atoms with Gasteiger partial charge in [-0.1, -0.05) is 29.8 Å². The third-order valence-corrected chi connectivity index (χ3v) is 3.70. The van der Waals surface area contributed by atoms with Gasteiger partial charge in [0.05, 0.1) is 24.0 Å². The highest BCUT2D eigenvalue weighted by molar-refractivity contribution is 6.33. The number of benzene rings is 2. The first-order chi connectivity index (χ1) is 12.5. The molecule has 0 aliphatic rings. The molecule has 0 spiro atoms. The van der Waals surface area contributed by atoms with Gasteiger partial charge in [0.25, 0.3) is 0 Å². The van der Waals surface area contributed by atoms with Gasteiger partial charge in [-0.3, -0.25) is 9.59 Å². The van der Waals surface area contributed by atoms with Gasteiger partial charge in [-0.2, -0.15) is 5.10 Å². The average molecular weight is 376 g/mol. The van der Waals surface area contributed by atoms with Crippen molar-refractivity contribution >= 4 is 35.3 Å². The first-order valence-corrected chi connectivity index (χ1v) is 8.11. The molecule has 8 heteroatoms. The van der Waals surface area contributed by atoms with Gasteiger partial charge >= 0.3 is 0 Å². The molecule has 0 fully saturated rings. The minimum absolute atomic E-state index is 0.0169. The lowest BCUT2D eigenvalue weighted by atomic mass is 10.2. The molecular weight excluding hydrogens is 358 g/mol. The summed E-state index contributed by atoms with van der Waals surface area (Å²) in [5.74, 6) is -0.538. The minimum Gasteiger partial charge on any atom is -0.504 e. The van der Waals surface area contributed by atoms with Crippen LogP contribution in [0.25, 0.3) is 0 Å². The van der Waals surface area contributed by atoms with Gasteiger partial charge in [0.2, 0.25) is 11.8 Å². The standard InChI is InChI=1S/C18H18ClN3O4/c1-26-15-8-4-5-12(18(15)25)11-20-22-17(24)10-9-16(23)21-14-7-3-2-6-13(14)19/h2-8,11,25H,9-10H2,1H3,(H,21,23)(H,22,24)/b20-11+. The van der Waals surface area contributed by atoms with E-state index in [2.05, 4.69) is 15.8 Å². The Balaban J connectivity index is 1.80. The fraction of sp³-hybridized carbons (Fsp3) is 0.167. The zero-order chi connectivity index (χ0) is 18.9. The number of phenolic OH excluding ortho intramolecular Hbond substituents is 1. The number of para-hydroxylation sites is 2. The van der Waals surface area contributed by atoms with E-state index in [-0.39, 0.29) is 24.5 Å². The number of phenols is 1. The number of ether oxygens (including phenoxy) is 1. The van der Waals surface area contributed by atoms with E-state index in [0.29, 0.717) is 22.0 Å². The number of hydrogen-bond acceptors (Lipinski definition) is 5. The second-order valence-electron chi connectivity index (χ2n) is 5.22. The predicted octanol–water partition coefficient (Wildman–Crippen LogP) is 2.92. The van der Waals surface area contributed by atoms with Crippen molar-refractivity contribution < 1.29 is 19.4 Å². The number of anilines is 1. The molecule has 136 valence electrons. The molecule has 2 aromatic carbocycles. The number of halogens is 1. The summed E-state index contributed by atoms with van der Waals surface area (Å²) in [6.45, 7) is 0. The fourth-order valence-corrected chi connectivity index (χ4v) is 2.22. The zero-order valence-electron chi connectivity index (χ0n) is 14.0. The van der Waals surface area contributed by atoms with Crippen LogP contribution in [0.1, 0.15) is 18.4 Å². The smallest absolute Gasteiger partial charge is 0.240 e. The Morgan fingerprint density at radius 1 is 1.15 bits per heavy atom. The van der Waals surface area contributed by atoms with Crippen molar-refractivity contribution in [2.45, 2.75) is 12.8 Å². The number of rotatable bonds is 7. The summed E-state index contributed by atoms with van der Waals surface area (Å²) in [5, 5.41) is 16.7. The number of hydrogen-bond donors (Lipinski definition) is 3. The molecule has 0 saturated heterocycles. The van der Waals surface area contributed by atoms with Crippen molar-refractivity contribution in [3.63, 3.8) is 0 Å². The summed E-state index contributed by atoms with van der Waals surface area (Å²) < 4.78 is 4.98. The number of nitrogens with one attached hydrogen (secondary N) is 2. The van der Waals surface area contributed by atoms with Crippen LogP contribution in [0, 0.1) is 0 Å². The van der Waals surface area contributed by atoms with E-state index >= 15 is 0 Å². The van der Waals surface area contributed by atoms with Crippen LogP contribution in [0.15, 0.2) is 47.6 Å². The minimum atomic E-state index is -0.432. The van der Waals surface area contributed by atoms with E-state index in [1.54, 1.807) is 42.5 Å². The Bertz CT molecular complexity index is 824. The number of carbonyl (C=O) groups excluding carboxylic acids is 2. The van der Waals surface area contributed by atoms with Crippen LogP contribution in [-0.2, 0) is 9.59 Å². The molecule has 0 radical (unpaired) electrons. The van der Waals surface area contributed by atoms with Crippen LogP contribution in [0.4, 0.5) is 5.69 Å². The maximum absolute atomic E-state index is 11.8. The highest BCUT2D eigenvalue weighted by Crippen LogP contribution is 2.27. The first-order valence-electron chi connectivity index (χ1n) is 7.73. The molecule has 7 nitrogen and oxygen atoms in total. The van der Waals surface area contributed by atoms with Gasteiger partial charge in [-0.05, 0) is 24.3 Å². The maximum atomic E-state index is 11.8. The summed E-state index contributed by atoms with van der Waals surface area (Å²) >= 11 is 5.95. The van der Waals surface area contributed by atoms with Crippen LogP contribution in [0.2, 0.25) is 5.02 Å². The molecule has 0 aliphatic carbocycles. The number of carbonyl (C=O) groups is 2. The molecule has 0 bridgehead atoms. The Morgan fingerprint density at radius 2 is 1.88 bits per heavy atom. The van der Waals surface area contributed by atoms with E-state index in [4.69, 9.17) is 16.3 Å². The molecule has 0 saturated carbocycles. The molecule has 0 aromatic heterocycles. The molecule has 26 heavy (non-hydrogen) atoms. The lowest BCUT2D eigenvalue weighted by Gasteiger charge is -2.06. The van der Waals surface area contributed by atoms with E-state index in [1.165, 1.54) is 13.3 Å². The third kappa shape index (κ3) is 5.49.